The number of phenolic OH excluding ortho intramolecular Hbond substituents is 2. The predicted octanol–water partition coefficient (Wildman–Crippen LogP) is 3.43. The summed E-state index contributed by atoms with van der Waals surface area (Å²) in [5.74, 6) is -1.04. The van der Waals surface area contributed by atoms with E-state index in [4.69, 9.17) is 67.6 Å². The number of carbonyl (C=O) groups excluding carboxylic acids is 3. The van der Waals surface area contributed by atoms with Crippen LogP contribution < -0.4 is 29.7 Å². The van der Waals surface area contributed by atoms with Crippen molar-refractivity contribution in [2.45, 2.75) is 42.1 Å². The Bertz CT molecular complexity index is 2990. The molecule has 0 saturated carbocycles. The van der Waals surface area contributed by atoms with Crippen LogP contribution in [0.1, 0.15) is 25.0 Å². The van der Waals surface area contributed by atoms with Crippen LogP contribution in [0.3, 0.4) is 0 Å². The van der Waals surface area contributed by atoms with E-state index >= 15 is 0 Å². The third kappa shape index (κ3) is 8.92. The van der Waals surface area contributed by atoms with Crippen LogP contribution in [-0.2, 0) is 49.2 Å². The fraction of sp³-hybridized carbons (Fsp3) is 0.479. The molecule has 5 aromatic rings. The molecule has 0 bridgehead atoms. The molecule has 19 nitrogen and oxygen atoms in total. The molecule has 21 heteroatoms. The minimum atomic E-state index is -1.01. The lowest BCUT2D eigenvalue weighted by Gasteiger charge is -2.28. The molecule has 2 aliphatic heterocycles. The number of aliphatic hydroxyl groups is 2. The second kappa shape index (κ2) is 21.7. The van der Waals surface area contributed by atoms with Crippen LogP contribution >= 0.6 is 23.5 Å². The Kier molecular flexibility index (Phi) is 15.7. The molecule has 370 valence electrons. The summed E-state index contributed by atoms with van der Waals surface area (Å²) in [5.41, 5.74) is 1.70. The molecule has 3 aliphatic rings. The van der Waals surface area contributed by atoms with E-state index in [1.807, 2.05) is 0 Å². The monoisotopic (exact) mass is 994 g/mol. The first-order valence-corrected chi connectivity index (χ1v) is 24.2. The Morgan fingerprint density at radius 1 is 0.551 bits per heavy atom. The summed E-state index contributed by atoms with van der Waals surface area (Å²) in [4.78, 5) is 52.3. The topological polar surface area (TPSA) is 249 Å². The van der Waals surface area contributed by atoms with E-state index in [1.54, 1.807) is 6.92 Å². The zero-order valence-corrected chi connectivity index (χ0v) is 40.7. The molecular weight excluding hydrogens is 941 g/mol. The number of allylic oxidation sites excluding steroid dienone is 2. The average molecular weight is 995 g/mol. The third-order valence-corrected chi connectivity index (χ3v) is 14.4. The SMILES string of the molecule is COc1c(O)c2c3c(c(OC)c4c5c(OC)c6c(c7c(O)c(OC)c8c(c(c1CC(C)=C8C(C)=O)c24)c75)=NC(C(=O)OCCOCCOCCO)CS6)SCC(C(=O)OCCOCCOCCO)N=3. The van der Waals surface area contributed by atoms with Crippen LogP contribution in [0.15, 0.2) is 25.3 Å². The first-order chi connectivity index (χ1) is 33.5. The van der Waals surface area contributed by atoms with E-state index < -0.39 is 24.0 Å². The van der Waals surface area contributed by atoms with Gasteiger partial charge in [0.1, 0.15) is 24.7 Å². The minimum absolute atomic E-state index is 0.0171. The standard InChI is InChI=1S/C48H54N2O17S2/c1-22-19-24-28-29-31-34(33-30(28)35(39(54)41(24)58-3)37-45(43(33)60-5)68-20-25(49-37)47(56)66-17-15-64-13-11-62-9-7-51)44(61-6)46-38(36(31)40(55)42(59-4)32(29)27(22)23(2)53)50-26(21-69-46)48(57)67-18-16-65-14-12-63-10-8-52/h25-26,51-52,54-55H,7-21H2,1-6H3. The van der Waals surface area contributed by atoms with Gasteiger partial charge in [0.05, 0.1) is 126 Å². The van der Waals surface area contributed by atoms with E-state index in [0.717, 1.165) is 0 Å². The maximum absolute atomic E-state index is 14.0. The quantitative estimate of drug-likeness (QED) is 0.0317. The third-order valence-electron chi connectivity index (χ3n) is 12.1. The Morgan fingerprint density at radius 3 is 1.41 bits per heavy atom. The lowest BCUT2D eigenvalue weighted by atomic mass is 9.82. The van der Waals surface area contributed by atoms with E-state index in [2.05, 4.69) is 0 Å². The molecular formula is C48H54N2O17S2. The Labute approximate surface area is 403 Å². The van der Waals surface area contributed by atoms with Gasteiger partial charge in [0.2, 0.25) is 0 Å². The van der Waals surface area contributed by atoms with Crippen molar-refractivity contribution < 1.29 is 82.2 Å². The second-order valence-electron chi connectivity index (χ2n) is 16.1. The van der Waals surface area contributed by atoms with Crippen molar-refractivity contribution in [3.63, 3.8) is 0 Å². The number of aliphatic hydroxyl groups excluding tert-OH is 2. The number of hydrogen-bond donors (Lipinski definition) is 4. The van der Waals surface area contributed by atoms with Crippen LogP contribution in [0.25, 0.3) is 48.7 Å². The van der Waals surface area contributed by atoms with Crippen molar-refractivity contribution in [3.05, 3.63) is 27.4 Å². The van der Waals surface area contributed by atoms with Gasteiger partial charge in [-0.15, -0.1) is 23.5 Å². The highest BCUT2D eigenvalue weighted by Crippen LogP contribution is 2.60. The highest BCUT2D eigenvalue weighted by Gasteiger charge is 2.40. The number of benzene rings is 5. The molecule has 0 aromatic heterocycles. The number of ketones is 1. The number of hydrogen-bond acceptors (Lipinski definition) is 21. The van der Waals surface area contributed by atoms with Gasteiger partial charge in [0, 0.05) is 55.1 Å². The van der Waals surface area contributed by atoms with Gasteiger partial charge in [-0.3, -0.25) is 14.8 Å². The van der Waals surface area contributed by atoms with Crippen molar-refractivity contribution in [2.75, 3.05) is 119 Å². The molecule has 2 unspecified atom stereocenters. The van der Waals surface area contributed by atoms with Crippen molar-refractivity contribution in [3.8, 4) is 34.5 Å². The van der Waals surface area contributed by atoms with E-state index in [9.17, 15) is 24.6 Å². The Balaban J connectivity index is 1.40. The van der Waals surface area contributed by atoms with Crippen molar-refractivity contribution in [1.82, 2.24) is 0 Å². The van der Waals surface area contributed by atoms with Crippen LogP contribution in [0, 0.1) is 0 Å². The zero-order valence-electron chi connectivity index (χ0n) is 39.1. The fourth-order valence-electron chi connectivity index (χ4n) is 9.43. The van der Waals surface area contributed by atoms with Gasteiger partial charge >= 0.3 is 11.9 Å². The summed E-state index contributed by atoms with van der Waals surface area (Å²) in [6, 6.07) is -2.01. The number of aromatic hydroxyl groups is 2. The number of rotatable bonds is 23. The molecule has 0 fully saturated rings. The number of thioether (sulfide) groups is 2. The van der Waals surface area contributed by atoms with Crippen LogP contribution in [0.5, 0.6) is 34.5 Å². The number of phenols is 2. The summed E-state index contributed by atoms with van der Waals surface area (Å²) in [6.45, 7) is 4.58. The molecule has 2 atom stereocenters. The molecule has 2 heterocycles. The summed E-state index contributed by atoms with van der Waals surface area (Å²) in [7, 11) is 5.85. The maximum Gasteiger partial charge on any atom is 0.331 e. The van der Waals surface area contributed by atoms with Crippen molar-refractivity contribution in [1.29, 1.82) is 0 Å². The van der Waals surface area contributed by atoms with Crippen LogP contribution in [0.4, 0.5) is 0 Å². The summed E-state index contributed by atoms with van der Waals surface area (Å²) >= 11 is 2.58. The molecule has 0 saturated heterocycles. The number of esters is 2. The van der Waals surface area contributed by atoms with E-state index in [1.165, 1.54) is 58.9 Å². The van der Waals surface area contributed by atoms with E-state index in [-0.39, 0.29) is 153 Å². The van der Waals surface area contributed by atoms with Gasteiger partial charge in [-0.05, 0) is 25.7 Å². The molecule has 0 spiro atoms. The summed E-state index contributed by atoms with van der Waals surface area (Å²) < 4.78 is 57.6. The van der Waals surface area contributed by atoms with Gasteiger partial charge in [-0.1, -0.05) is 5.57 Å². The second-order valence-corrected chi connectivity index (χ2v) is 18.1. The largest absolute Gasteiger partial charge is 0.504 e. The fourth-order valence-corrected chi connectivity index (χ4v) is 11.7. The number of nitrogens with zero attached hydrogens (tertiary/aromatic N) is 2. The Morgan fingerprint density at radius 2 is 0.971 bits per heavy atom. The first-order valence-electron chi connectivity index (χ1n) is 22.2. The zero-order chi connectivity index (χ0) is 49.1. The van der Waals surface area contributed by atoms with Crippen LogP contribution in [0.2, 0.25) is 0 Å². The number of fused-ring (bicyclic) bond motifs is 5. The molecule has 4 N–H and O–H groups in total. The number of Topliss-reactive ketones (excluding diaryl/α,β-unsaturated/α-hetero) is 1. The van der Waals surface area contributed by atoms with E-state index in [0.29, 0.717) is 70.3 Å². The average Bonchev–Trinajstić information content (AvgIpc) is 3.48. The number of ether oxygens (including phenoxy) is 10. The predicted molar refractivity (Wildman–Crippen MR) is 255 cm³/mol. The lowest BCUT2D eigenvalue weighted by molar-refractivity contribution is -0.147. The van der Waals surface area contributed by atoms with Crippen LogP contribution in [-0.4, -0.2) is 169 Å². The van der Waals surface area contributed by atoms with Gasteiger partial charge < -0.3 is 67.8 Å². The maximum atomic E-state index is 14.0. The summed E-state index contributed by atoms with van der Waals surface area (Å²) in [5, 5.41) is 46.9. The van der Waals surface area contributed by atoms with Gasteiger partial charge in [-0.2, -0.15) is 0 Å². The summed E-state index contributed by atoms with van der Waals surface area (Å²) in [6.07, 6.45) is 0.122. The van der Waals surface area contributed by atoms with Gasteiger partial charge in [-0.25, -0.2) is 9.59 Å². The lowest BCUT2D eigenvalue weighted by Crippen LogP contribution is -2.32. The van der Waals surface area contributed by atoms with Crippen molar-refractivity contribution >= 4 is 89.9 Å². The first kappa shape index (κ1) is 50.0. The normalized spacial score (nSPS) is 16.3. The molecule has 69 heavy (non-hydrogen) atoms. The number of carbonyl (C=O) groups is 3. The minimum Gasteiger partial charge on any atom is -0.504 e. The Hall–Kier alpha value is -5.39. The van der Waals surface area contributed by atoms with Gasteiger partial charge in [0.25, 0.3) is 0 Å². The highest BCUT2D eigenvalue weighted by atomic mass is 32.2. The molecule has 5 aromatic carbocycles. The number of methoxy groups -OCH3 is 4. The van der Waals surface area contributed by atoms with Crippen molar-refractivity contribution in [2.24, 2.45) is 9.98 Å². The molecule has 0 radical (unpaired) electrons. The molecule has 1 aliphatic carbocycles. The highest BCUT2D eigenvalue weighted by molar-refractivity contribution is 7.99. The van der Waals surface area contributed by atoms with Gasteiger partial charge in [0.15, 0.2) is 40.9 Å². The smallest absolute Gasteiger partial charge is 0.331 e. The molecule has 8 rings (SSSR count). The molecule has 0 amide bonds.